The summed E-state index contributed by atoms with van der Waals surface area (Å²) in [7, 11) is 0. The highest BCUT2D eigenvalue weighted by molar-refractivity contribution is 7.15. The van der Waals surface area contributed by atoms with Crippen molar-refractivity contribution in [3.8, 4) is 11.5 Å². The molecule has 1 N–H and O–H groups in total. The molecular formula is C16H12ClFN2OS. The van der Waals surface area contributed by atoms with Crippen LogP contribution in [0.1, 0.15) is 4.88 Å². The average molecular weight is 335 g/mol. The predicted molar refractivity (Wildman–Crippen MR) is 87.4 cm³/mol. The van der Waals surface area contributed by atoms with Crippen LogP contribution in [-0.2, 0) is 6.54 Å². The molecule has 0 aliphatic rings. The predicted octanol–water partition coefficient (Wildman–Crippen LogP) is 5.34. The summed E-state index contributed by atoms with van der Waals surface area (Å²) in [5.41, 5.74) is 0.577. The SMILES string of the molecule is Fc1ccc(Oc2ccccc2)c(NCc2cnc(Cl)s2)c1. The number of nitrogens with zero attached hydrogens (tertiary/aromatic N) is 1. The van der Waals surface area contributed by atoms with Gasteiger partial charge in [-0.05, 0) is 24.3 Å². The Bertz CT molecular complexity index is 764. The summed E-state index contributed by atoms with van der Waals surface area (Å²) >= 11 is 7.18. The molecule has 0 unspecified atom stereocenters. The van der Waals surface area contributed by atoms with E-state index >= 15 is 0 Å². The second-order valence-corrected chi connectivity index (χ2v) is 6.19. The van der Waals surface area contributed by atoms with E-state index in [0.29, 0.717) is 28.2 Å². The summed E-state index contributed by atoms with van der Waals surface area (Å²) in [6, 6.07) is 13.7. The Kier molecular flexibility index (Phi) is 4.56. The van der Waals surface area contributed by atoms with Gasteiger partial charge in [-0.1, -0.05) is 29.8 Å². The van der Waals surface area contributed by atoms with Crippen molar-refractivity contribution in [1.82, 2.24) is 4.98 Å². The summed E-state index contributed by atoms with van der Waals surface area (Å²) in [6.07, 6.45) is 1.69. The zero-order chi connectivity index (χ0) is 15.4. The van der Waals surface area contributed by atoms with Crippen LogP contribution in [0.2, 0.25) is 4.47 Å². The molecule has 3 nitrogen and oxygen atoms in total. The molecule has 1 aromatic heterocycles. The van der Waals surface area contributed by atoms with Gasteiger partial charge < -0.3 is 10.1 Å². The van der Waals surface area contributed by atoms with E-state index in [1.54, 1.807) is 12.3 Å². The first kappa shape index (κ1) is 14.8. The van der Waals surface area contributed by atoms with E-state index in [2.05, 4.69) is 10.3 Å². The Morgan fingerprint density at radius 2 is 2.00 bits per heavy atom. The molecule has 0 atom stereocenters. The largest absolute Gasteiger partial charge is 0.455 e. The fraction of sp³-hybridized carbons (Fsp3) is 0.0625. The van der Waals surface area contributed by atoms with Crippen LogP contribution in [0, 0.1) is 5.82 Å². The second kappa shape index (κ2) is 6.77. The lowest BCUT2D eigenvalue weighted by Gasteiger charge is -2.12. The third kappa shape index (κ3) is 3.75. The van der Waals surface area contributed by atoms with Gasteiger partial charge in [0.25, 0.3) is 0 Å². The minimum absolute atomic E-state index is 0.328. The molecule has 6 heteroatoms. The smallest absolute Gasteiger partial charge is 0.183 e. The number of hydrogen-bond donors (Lipinski definition) is 1. The summed E-state index contributed by atoms with van der Waals surface area (Å²) < 4.78 is 19.8. The van der Waals surface area contributed by atoms with E-state index in [0.717, 1.165) is 4.88 Å². The molecule has 0 radical (unpaired) electrons. The first-order valence-electron chi connectivity index (χ1n) is 6.57. The molecule has 0 saturated carbocycles. The minimum atomic E-state index is -0.328. The maximum atomic E-state index is 13.5. The number of halogens is 2. The summed E-state index contributed by atoms with van der Waals surface area (Å²) in [6.45, 7) is 0.499. The minimum Gasteiger partial charge on any atom is -0.455 e. The molecule has 1 heterocycles. The molecule has 0 spiro atoms. The number of nitrogens with one attached hydrogen (secondary N) is 1. The van der Waals surface area contributed by atoms with E-state index in [9.17, 15) is 4.39 Å². The van der Waals surface area contributed by atoms with Crippen molar-refractivity contribution in [3.05, 3.63) is 69.9 Å². The van der Waals surface area contributed by atoms with E-state index in [1.807, 2.05) is 30.3 Å². The molecule has 0 fully saturated rings. The Morgan fingerprint density at radius 3 is 2.73 bits per heavy atom. The lowest BCUT2D eigenvalue weighted by Crippen LogP contribution is -2.00. The highest BCUT2D eigenvalue weighted by Crippen LogP contribution is 2.31. The highest BCUT2D eigenvalue weighted by Gasteiger charge is 2.08. The standard InChI is InChI=1S/C16H12ClFN2OS/c17-16-20-10-13(22-16)9-19-14-8-11(18)6-7-15(14)21-12-4-2-1-3-5-12/h1-8,10,19H,9H2. The van der Waals surface area contributed by atoms with E-state index in [4.69, 9.17) is 16.3 Å². The van der Waals surface area contributed by atoms with Gasteiger partial charge in [0.05, 0.1) is 12.2 Å². The van der Waals surface area contributed by atoms with Crippen LogP contribution in [0.15, 0.2) is 54.7 Å². The van der Waals surface area contributed by atoms with Crippen molar-refractivity contribution in [2.75, 3.05) is 5.32 Å². The third-order valence-electron chi connectivity index (χ3n) is 2.89. The number of ether oxygens (including phenoxy) is 1. The fourth-order valence-corrected chi connectivity index (χ4v) is 2.81. The van der Waals surface area contributed by atoms with Gasteiger partial charge in [0.15, 0.2) is 10.2 Å². The van der Waals surface area contributed by atoms with Gasteiger partial charge in [-0.15, -0.1) is 11.3 Å². The average Bonchev–Trinajstić information content (AvgIpc) is 2.94. The Labute approximate surface area is 136 Å². The number of hydrogen-bond acceptors (Lipinski definition) is 4. The topological polar surface area (TPSA) is 34.1 Å². The van der Waals surface area contributed by atoms with Crippen molar-refractivity contribution in [3.63, 3.8) is 0 Å². The van der Waals surface area contributed by atoms with Gasteiger partial charge in [0.2, 0.25) is 0 Å². The Balaban J connectivity index is 1.78. The molecule has 0 aliphatic heterocycles. The molecule has 3 aromatic rings. The molecule has 3 rings (SSSR count). The first-order chi connectivity index (χ1) is 10.7. The first-order valence-corrected chi connectivity index (χ1v) is 7.77. The number of rotatable bonds is 5. The molecule has 0 amide bonds. The van der Waals surface area contributed by atoms with E-state index < -0.39 is 0 Å². The molecule has 0 saturated heterocycles. The van der Waals surface area contributed by atoms with Crippen LogP contribution in [-0.4, -0.2) is 4.98 Å². The molecule has 112 valence electrons. The third-order valence-corrected chi connectivity index (χ3v) is 4.01. The number of benzene rings is 2. The lowest BCUT2D eigenvalue weighted by molar-refractivity contribution is 0.482. The van der Waals surface area contributed by atoms with Gasteiger partial charge in [0.1, 0.15) is 11.6 Å². The summed E-state index contributed by atoms with van der Waals surface area (Å²) in [5.74, 6) is 0.923. The van der Waals surface area contributed by atoms with Gasteiger partial charge in [0, 0.05) is 17.1 Å². The fourth-order valence-electron chi connectivity index (χ4n) is 1.89. The summed E-state index contributed by atoms with van der Waals surface area (Å²) in [5, 5.41) is 3.15. The van der Waals surface area contributed by atoms with Gasteiger partial charge in [-0.25, -0.2) is 9.37 Å². The Hall–Kier alpha value is -2.11. The molecular weight excluding hydrogens is 323 g/mol. The quantitative estimate of drug-likeness (QED) is 0.683. The number of para-hydroxylation sites is 1. The highest BCUT2D eigenvalue weighted by atomic mass is 35.5. The van der Waals surface area contributed by atoms with Gasteiger partial charge in [-0.2, -0.15) is 0 Å². The number of aromatic nitrogens is 1. The Morgan fingerprint density at radius 1 is 1.18 bits per heavy atom. The maximum Gasteiger partial charge on any atom is 0.183 e. The van der Waals surface area contributed by atoms with Crippen LogP contribution in [0.3, 0.4) is 0 Å². The maximum absolute atomic E-state index is 13.5. The molecule has 0 bridgehead atoms. The van der Waals surface area contributed by atoms with E-state index in [1.165, 1.54) is 23.5 Å². The van der Waals surface area contributed by atoms with Crippen molar-refractivity contribution >= 4 is 28.6 Å². The van der Waals surface area contributed by atoms with Crippen LogP contribution in [0.4, 0.5) is 10.1 Å². The van der Waals surface area contributed by atoms with Gasteiger partial charge >= 0.3 is 0 Å². The summed E-state index contributed by atoms with van der Waals surface area (Å²) in [4.78, 5) is 4.93. The lowest BCUT2D eigenvalue weighted by atomic mass is 10.2. The normalized spacial score (nSPS) is 10.5. The van der Waals surface area contributed by atoms with Crippen molar-refractivity contribution in [2.45, 2.75) is 6.54 Å². The monoisotopic (exact) mass is 334 g/mol. The second-order valence-electron chi connectivity index (χ2n) is 4.49. The van der Waals surface area contributed by atoms with Crippen LogP contribution in [0.25, 0.3) is 0 Å². The zero-order valence-corrected chi connectivity index (χ0v) is 13.0. The van der Waals surface area contributed by atoms with Crippen LogP contribution >= 0.6 is 22.9 Å². The van der Waals surface area contributed by atoms with Crippen molar-refractivity contribution < 1.29 is 9.13 Å². The van der Waals surface area contributed by atoms with Crippen molar-refractivity contribution in [2.24, 2.45) is 0 Å². The van der Waals surface area contributed by atoms with Gasteiger partial charge in [-0.3, -0.25) is 0 Å². The molecule has 2 aromatic carbocycles. The molecule has 22 heavy (non-hydrogen) atoms. The van der Waals surface area contributed by atoms with Crippen LogP contribution < -0.4 is 10.1 Å². The molecule has 0 aliphatic carbocycles. The van der Waals surface area contributed by atoms with Crippen LogP contribution in [0.5, 0.6) is 11.5 Å². The zero-order valence-electron chi connectivity index (χ0n) is 11.4. The van der Waals surface area contributed by atoms with E-state index in [-0.39, 0.29) is 5.82 Å². The number of anilines is 1. The van der Waals surface area contributed by atoms with Crippen molar-refractivity contribution in [1.29, 1.82) is 0 Å². The number of thiazole rings is 1.